The lowest BCUT2D eigenvalue weighted by Crippen LogP contribution is -2.58. The average molecular weight is 292 g/mol. The van der Waals surface area contributed by atoms with Crippen LogP contribution in [0.25, 0.3) is 0 Å². The molecule has 1 saturated heterocycles. The molecule has 0 saturated carbocycles. The van der Waals surface area contributed by atoms with E-state index >= 15 is 0 Å². The lowest BCUT2D eigenvalue weighted by atomic mass is 9.99. The molecule has 0 amide bonds. The van der Waals surface area contributed by atoms with Gasteiger partial charge in [0.1, 0.15) is 24.4 Å². The Morgan fingerprint density at radius 2 is 1.50 bits per heavy atom. The van der Waals surface area contributed by atoms with E-state index in [1.54, 1.807) is 0 Å². The predicted molar refractivity (Wildman–Crippen MR) is 73.1 cm³/mol. The summed E-state index contributed by atoms with van der Waals surface area (Å²) in [6.07, 6.45) is 0.530. The summed E-state index contributed by atoms with van der Waals surface area (Å²) in [6, 6.07) is 0. The molecule has 120 valence electrons. The molecule has 0 spiro atoms. The van der Waals surface area contributed by atoms with Crippen LogP contribution in [0.4, 0.5) is 0 Å². The van der Waals surface area contributed by atoms with Gasteiger partial charge in [-0.15, -0.1) is 0 Å². The van der Waals surface area contributed by atoms with E-state index in [0.29, 0.717) is 6.61 Å². The summed E-state index contributed by atoms with van der Waals surface area (Å²) in [5.74, 6) is 0. The molecule has 6 nitrogen and oxygen atoms in total. The lowest BCUT2D eigenvalue weighted by molar-refractivity contribution is -0.288. The minimum atomic E-state index is -1.49. The van der Waals surface area contributed by atoms with Gasteiger partial charge in [-0.2, -0.15) is 0 Å². The molecule has 0 aromatic heterocycles. The van der Waals surface area contributed by atoms with E-state index in [4.69, 9.17) is 9.47 Å². The van der Waals surface area contributed by atoms with Crippen LogP contribution in [0.5, 0.6) is 0 Å². The Morgan fingerprint density at radius 3 is 2.20 bits per heavy atom. The monoisotopic (exact) mass is 292 g/mol. The molecule has 5 atom stereocenters. The van der Waals surface area contributed by atoms with Crippen LogP contribution in [0.15, 0.2) is 0 Å². The Kier molecular flexibility index (Phi) is 8.60. The molecule has 1 aliphatic heterocycles. The van der Waals surface area contributed by atoms with Crippen LogP contribution in [0.1, 0.15) is 45.4 Å². The third-order valence-electron chi connectivity index (χ3n) is 3.61. The molecular weight excluding hydrogens is 264 g/mol. The molecule has 1 fully saturated rings. The Balaban J connectivity index is 2.09. The summed E-state index contributed by atoms with van der Waals surface area (Å²) in [4.78, 5) is 0. The van der Waals surface area contributed by atoms with Gasteiger partial charge >= 0.3 is 0 Å². The standard InChI is InChI=1S/C14H28O6/c1-2-3-4-5-6-7-8-19-9-10-11(15)12(16)13(17)14(18)20-10/h10-18H,2-9H2,1H3. The molecule has 0 aliphatic carbocycles. The maximum atomic E-state index is 9.70. The summed E-state index contributed by atoms with van der Waals surface area (Å²) in [5, 5.41) is 37.9. The quantitative estimate of drug-likeness (QED) is 0.452. The molecule has 1 rings (SSSR count). The Morgan fingerprint density at radius 1 is 0.850 bits per heavy atom. The summed E-state index contributed by atoms with van der Waals surface area (Å²) in [5.41, 5.74) is 0. The molecule has 0 aromatic rings. The molecule has 0 radical (unpaired) electrons. The molecule has 0 bridgehead atoms. The molecule has 6 heteroatoms. The maximum Gasteiger partial charge on any atom is 0.184 e. The predicted octanol–water partition coefficient (Wildman–Crippen LogP) is 0.163. The number of hydrogen-bond donors (Lipinski definition) is 4. The minimum absolute atomic E-state index is 0.0942. The molecule has 0 aromatic carbocycles. The molecular formula is C14H28O6. The molecule has 20 heavy (non-hydrogen) atoms. The van der Waals surface area contributed by atoms with Crippen molar-refractivity contribution < 1.29 is 29.9 Å². The van der Waals surface area contributed by atoms with Crippen LogP contribution in [0, 0.1) is 0 Å². The van der Waals surface area contributed by atoms with Crippen molar-refractivity contribution in [1.29, 1.82) is 0 Å². The van der Waals surface area contributed by atoms with Gasteiger partial charge in [-0.25, -0.2) is 0 Å². The van der Waals surface area contributed by atoms with Crippen molar-refractivity contribution in [2.24, 2.45) is 0 Å². The van der Waals surface area contributed by atoms with Crippen LogP contribution < -0.4 is 0 Å². The molecule has 1 heterocycles. The summed E-state index contributed by atoms with van der Waals surface area (Å²) in [6.45, 7) is 2.84. The van der Waals surface area contributed by atoms with Crippen LogP contribution >= 0.6 is 0 Å². The second kappa shape index (κ2) is 9.65. The average Bonchev–Trinajstić information content (AvgIpc) is 2.44. The molecule has 4 N–H and O–H groups in total. The second-order valence-corrected chi connectivity index (χ2v) is 5.38. The van der Waals surface area contributed by atoms with Gasteiger partial charge in [0.15, 0.2) is 6.29 Å². The van der Waals surface area contributed by atoms with E-state index in [-0.39, 0.29) is 6.61 Å². The van der Waals surface area contributed by atoms with E-state index in [1.165, 1.54) is 25.7 Å². The topological polar surface area (TPSA) is 99.4 Å². The minimum Gasteiger partial charge on any atom is -0.387 e. The van der Waals surface area contributed by atoms with Crippen molar-refractivity contribution in [1.82, 2.24) is 0 Å². The van der Waals surface area contributed by atoms with Gasteiger partial charge in [-0.1, -0.05) is 39.0 Å². The lowest BCUT2D eigenvalue weighted by Gasteiger charge is -2.38. The number of ether oxygens (including phenoxy) is 2. The van der Waals surface area contributed by atoms with Gasteiger partial charge < -0.3 is 29.9 Å². The van der Waals surface area contributed by atoms with E-state index in [0.717, 1.165) is 12.8 Å². The Bertz CT molecular complexity index is 250. The van der Waals surface area contributed by atoms with E-state index in [9.17, 15) is 20.4 Å². The van der Waals surface area contributed by atoms with Crippen LogP contribution in [0.3, 0.4) is 0 Å². The Hall–Kier alpha value is -0.240. The third kappa shape index (κ3) is 5.63. The SMILES string of the molecule is CCCCCCCCOCC1OC(O)C(O)C(O)C1O. The molecule has 5 unspecified atom stereocenters. The number of rotatable bonds is 9. The zero-order chi connectivity index (χ0) is 15.0. The fourth-order valence-electron chi connectivity index (χ4n) is 2.25. The van der Waals surface area contributed by atoms with Gasteiger partial charge in [-0.05, 0) is 6.42 Å². The first-order chi connectivity index (χ1) is 9.57. The van der Waals surface area contributed by atoms with E-state index in [1.807, 2.05) is 0 Å². The highest BCUT2D eigenvalue weighted by Gasteiger charge is 2.42. The summed E-state index contributed by atoms with van der Waals surface area (Å²) in [7, 11) is 0. The van der Waals surface area contributed by atoms with Crippen LogP contribution in [-0.4, -0.2) is 64.3 Å². The van der Waals surface area contributed by atoms with Crippen molar-refractivity contribution in [3.8, 4) is 0 Å². The van der Waals surface area contributed by atoms with Crippen molar-refractivity contribution in [3.05, 3.63) is 0 Å². The zero-order valence-electron chi connectivity index (χ0n) is 12.1. The largest absolute Gasteiger partial charge is 0.387 e. The fourth-order valence-corrected chi connectivity index (χ4v) is 2.25. The summed E-state index contributed by atoms with van der Waals surface area (Å²) < 4.78 is 10.4. The Labute approximate surface area is 120 Å². The highest BCUT2D eigenvalue weighted by molar-refractivity contribution is 4.88. The maximum absolute atomic E-state index is 9.70. The second-order valence-electron chi connectivity index (χ2n) is 5.38. The fraction of sp³-hybridized carbons (Fsp3) is 1.00. The van der Waals surface area contributed by atoms with Gasteiger partial charge in [0, 0.05) is 6.61 Å². The first kappa shape index (κ1) is 17.8. The number of aliphatic hydroxyl groups is 4. The smallest absolute Gasteiger partial charge is 0.184 e. The third-order valence-corrected chi connectivity index (χ3v) is 3.61. The summed E-state index contributed by atoms with van der Waals surface area (Å²) >= 11 is 0. The van der Waals surface area contributed by atoms with Gasteiger partial charge in [-0.3, -0.25) is 0 Å². The van der Waals surface area contributed by atoms with Crippen molar-refractivity contribution in [2.45, 2.75) is 76.2 Å². The highest BCUT2D eigenvalue weighted by atomic mass is 16.6. The normalized spacial score (nSPS) is 34.4. The van der Waals surface area contributed by atoms with Gasteiger partial charge in [0.25, 0.3) is 0 Å². The van der Waals surface area contributed by atoms with Crippen LogP contribution in [-0.2, 0) is 9.47 Å². The van der Waals surface area contributed by atoms with Crippen molar-refractivity contribution in [3.63, 3.8) is 0 Å². The van der Waals surface area contributed by atoms with Crippen LogP contribution in [0.2, 0.25) is 0 Å². The van der Waals surface area contributed by atoms with Crippen molar-refractivity contribution in [2.75, 3.05) is 13.2 Å². The first-order valence-electron chi connectivity index (χ1n) is 7.53. The number of hydrogen-bond acceptors (Lipinski definition) is 6. The molecule has 1 aliphatic rings. The zero-order valence-corrected chi connectivity index (χ0v) is 12.1. The highest BCUT2D eigenvalue weighted by Crippen LogP contribution is 2.20. The van der Waals surface area contributed by atoms with Crippen molar-refractivity contribution >= 4 is 0 Å². The first-order valence-corrected chi connectivity index (χ1v) is 7.53. The van der Waals surface area contributed by atoms with Gasteiger partial charge in [0.05, 0.1) is 6.61 Å². The van der Waals surface area contributed by atoms with E-state index in [2.05, 4.69) is 6.92 Å². The van der Waals surface area contributed by atoms with E-state index < -0.39 is 30.7 Å². The number of aliphatic hydroxyl groups excluding tert-OH is 4. The van der Waals surface area contributed by atoms with Gasteiger partial charge in [0.2, 0.25) is 0 Å². The number of unbranched alkanes of at least 4 members (excludes halogenated alkanes) is 5.